The van der Waals surface area contributed by atoms with Crippen LogP contribution in [-0.4, -0.2) is 33.7 Å². The Morgan fingerprint density at radius 2 is 1.88 bits per heavy atom. The molecule has 2 aromatic rings. The van der Waals surface area contributed by atoms with Gasteiger partial charge in [0.25, 0.3) is 0 Å². The van der Waals surface area contributed by atoms with Gasteiger partial charge in [0, 0.05) is 25.8 Å². The Labute approximate surface area is 161 Å². The average Bonchev–Trinajstić information content (AvgIpc) is 2.91. The van der Waals surface area contributed by atoms with Gasteiger partial charge in [-0.15, -0.1) is 24.0 Å². The highest BCUT2D eigenvalue weighted by Gasteiger charge is 2.15. The molecule has 1 aromatic carbocycles. The summed E-state index contributed by atoms with van der Waals surface area (Å²) in [6.07, 6.45) is 3.79. The molecule has 130 valence electrons. The fourth-order valence-corrected chi connectivity index (χ4v) is 2.94. The summed E-state index contributed by atoms with van der Waals surface area (Å²) in [6.45, 7) is 4.80. The normalized spacial score (nSPS) is 15.1. The number of guanidine groups is 1. The molecular formula is C18H26IN5. The largest absolute Gasteiger partial charge is 0.343 e. The van der Waals surface area contributed by atoms with Crippen LogP contribution in [0.2, 0.25) is 0 Å². The van der Waals surface area contributed by atoms with E-state index in [9.17, 15) is 0 Å². The van der Waals surface area contributed by atoms with Gasteiger partial charge in [-0.1, -0.05) is 18.2 Å². The first-order valence-corrected chi connectivity index (χ1v) is 8.33. The SMILES string of the molecule is Cc1cc(CN=C(Nc2ccccc2)N2CCCCC2)n(C)n1.I. The van der Waals surface area contributed by atoms with E-state index in [4.69, 9.17) is 4.99 Å². The molecule has 0 atom stereocenters. The van der Waals surface area contributed by atoms with Crippen LogP contribution in [0, 0.1) is 6.92 Å². The van der Waals surface area contributed by atoms with E-state index >= 15 is 0 Å². The van der Waals surface area contributed by atoms with Crippen molar-refractivity contribution < 1.29 is 0 Å². The highest BCUT2D eigenvalue weighted by molar-refractivity contribution is 14.0. The summed E-state index contributed by atoms with van der Waals surface area (Å²) in [6, 6.07) is 12.4. The molecule has 0 aliphatic carbocycles. The van der Waals surface area contributed by atoms with Gasteiger partial charge in [0.1, 0.15) is 0 Å². The first-order chi connectivity index (χ1) is 11.2. The summed E-state index contributed by atoms with van der Waals surface area (Å²) in [5, 5.41) is 7.89. The van der Waals surface area contributed by atoms with E-state index in [1.165, 1.54) is 19.3 Å². The number of aromatic nitrogens is 2. The van der Waals surface area contributed by atoms with Crippen LogP contribution in [0.15, 0.2) is 41.4 Å². The number of halogens is 1. The van der Waals surface area contributed by atoms with E-state index in [0.717, 1.165) is 36.1 Å². The van der Waals surface area contributed by atoms with Crippen LogP contribution in [0.3, 0.4) is 0 Å². The minimum absolute atomic E-state index is 0. The van der Waals surface area contributed by atoms with Crippen molar-refractivity contribution in [3.63, 3.8) is 0 Å². The standard InChI is InChI=1S/C18H25N5.HI/c1-15-13-17(22(2)21-15)14-19-18(23-11-7-4-8-12-23)20-16-9-5-3-6-10-16;/h3,5-6,9-10,13H,4,7-8,11-12,14H2,1-2H3,(H,19,20);1H. The minimum atomic E-state index is 0. The van der Waals surface area contributed by atoms with Crippen molar-refractivity contribution in [2.75, 3.05) is 18.4 Å². The van der Waals surface area contributed by atoms with Crippen LogP contribution >= 0.6 is 24.0 Å². The van der Waals surface area contributed by atoms with E-state index in [1.54, 1.807) is 0 Å². The lowest BCUT2D eigenvalue weighted by Gasteiger charge is -2.30. The van der Waals surface area contributed by atoms with Gasteiger partial charge in [-0.2, -0.15) is 5.10 Å². The van der Waals surface area contributed by atoms with Gasteiger partial charge < -0.3 is 10.2 Å². The number of hydrogen-bond acceptors (Lipinski definition) is 2. The third-order valence-corrected chi connectivity index (χ3v) is 4.18. The van der Waals surface area contributed by atoms with Gasteiger partial charge >= 0.3 is 0 Å². The molecule has 0 bridgehead atoms. The second-order valence-corrected chi connectivity index (χ2v) is 6.08. The highest BCUT2D eigenvalue weighted by atomic mass is 127. The lowest BCUT2D eigenvalue weighted by atomic mass is 10.1. The molecule has 1 aromatic heterocycles. The molecule has 0 amide bonds. The zero-order valence-corrected chi connectivity index (χ0v) is 16.7. The van der Waals surface area contributed by atoms with Crippen LogP contribution in [-0.2, 0) is 13.6 Å². The zero-order chi connectivity index (χ0) is 16.1. The number of aliphatic imine (C=N–C) groups is 1. The van der Waals surface area contributed by atoms with E-state index in [2.05, 4.69) is 33.5 Å². The number of rotatable bonds is 3. The summed E-state index contributed by atoms with van der Waals surface area (Å²) in [5.41, 5.74) is 3.25. The Kier molecular flexibility index (Phi) is 7.08. The Balaban J connectivity index is 0.00000208. The maximum Gasteiger partial charge on any atom is 0.198 e. The van der Waals surface area contributed by atoms with Crippen LogP contribution in [0.5, 0.6) is 0 Å². The van der Waals surface area contributed by atoms with Gasteiger partial charge in [0.2, 0.25) is 0 Å². The lowest BCUT2D eigenvalue weighted by Crippen LogP contribution is -2.40. The van der Waals surface area contributed by atoms with Crippen LogP contribution in [0.4, 0.5) is 5.69 Å². The Bertz CT molecular complexity index is 659. The molecule has 24 heavy (non-hydrogen) atoms. The van der Waals surface area contributed by atoms with Gasteiger partial charge in [-0.25, -0.2) is 4.99 Å². The fourth-order valence-electron chi connectivity index (χ4n) is 2.94. The fraction of sp³-hybridized carbons (Fsp3) is 0.444. The molecule has 5 nitrogen and oxygen atoms in total. The first kappa shape index (κ1) is 18.8. The van der Waals surface area contributed by atoms with Crippen molar-refractivity contribution in [1.82, 2.24) is 14.7 Å². The molecule has 1 N–H and O–H groups in total. The maximum atomic E-state index is 4.86. The summed E-state index contributed by atoms with van der Waals surface area (Å²) in [4.78, 5) is 7.22. The van der Waals surface area contributed by atoms with E-state index in [0.29, 0.717) is 6.54 Å². The number of nitrogens with one attached hydrogen (secondary N) is 1. The van der Waals surface area contributed by atoms with Gasteiger partial charge in [0.05, 0.1) is 17.9 Å². The molecular weight excluding hydrogens is 413 g/mol. The van der Waals surface area contributed by atoms with Crippen molar-refractivity contribution >= 4 is 35.6 Å². The molecule has 0 unspecified atom stereocenters. The maximum absolute atomic E-state index is 4.86. The summed E-state index contributed by atoms with van der Waals surface area (Å²) >= 11 is 0. The second kappa shape index (κ2) is 9.05. The number of nitrogens with zero attached hydrogens (tertiary/aromatic N) is 4. The van der Waals surface area contributed by atoms with Crippen molar-refractivity contribution in [3.8, 4) is 0 Å². The summed E-state index contributed by atoms with van der Waals surface area (Å²) < 4.78 is 1.91. The highest BCUT2D eigenvalue weighted by Crippen LogP contribution is 2.13. The quantitative estimate of drug-likeness (QED) is 0.450. The van der Waals surface area contributed by atoms with Gasteiger partial charge in [-0.05, 0) is 44.4 Å². The van der Waals surface area contributed by atoms with E-state index in [1.807, 2.05) is 36.9 Å². The van der Waals surface area contributed by atoms with Crippen molar-refractivity contribution in [3.05, 3.63) is 47.8 Å². The molecule has 0 radical (unpaired) electrons. The number of piperidine rings is 1. The zero-order valence-electron chi connectivity index (χ0n) is 14.4. The van der Waals surface area contributed by atoms with Crippen LogP contribution in [0.1, 0.15) is 30.7 Å². The molecule has 0 saturated carbocycles. The lowest BCUT2D eigenvalue weighted by molar-refractivity contribution is 0.340. The molecule has 1 aliphatic heterocycles. The topological polar surface area (TPSA) is 45.5 Å². The van der Waals surface area contributed by atoms with Gasteiger partial charge in [0.15, 0.2) is 5.96 Å². The van der Waals surface area contributed by atoms with Crippen molar-refractivity contribution in [2.45, 2.75) is 32.7 Å². The Hall–Kier alpha value is -1.57. The van der Waals surface area contributed by atoms with Gasteiger partial charge in [-0.3, -0.25) is 4.68 Å². The average molecular weight is 439 g/mol. The van der Waals surface area contributed by atoms with Crippen molar-refractivity contribution in [2.24, 2.45) is 12.0 Å². The number of aryl methyl sites for hydroxylation is 2. The second-order valence-electron chi connectivity index (χ2n) is 6.08. The van der Waals surface area contributed by atoms with Crippen LogP contribution in [0.25, 0.3) is 0 Å². The Morgan fingerprint density at radius 1 is 1.17 bits per heavy atom. The third kappa shape index (κ3) is 4.96. The van der Waals surface area contributed by atoms with Crippen LogP contribution < -0.4 is 5.32 Å². The van der Waals surface area contributed by atoms with E-state index < -0.39 is 0 Å². The molecule has 6 heteroatoms. The molecule has 1 aliphatic rings. The third-order valence-electron chi connectivity index (χ3n) is 4.18. The van der Waals surface area contributed by atoms with E-state index in [-0.39, 0.29) is 24.0 Å². The minimum Gasteiger partial charge on any atom is -0.343 e. The summed E-state index contributed by atoms with van der Waals surface area (Å²) in [7, 11) is 1.98. The number of para-hydroxylation sites is 1. The summed E-state index contributed by atoms with van der Waals surface area (Å²) in [5.74, 6) is 0.967. The Morgan fingerprint density at radius 3 is 2.50 bits per heavy atom. The molecule has 3 rings (SSSR count). The number of hydrogen-bond donors (Lipinski definition) is 1. The first-order valence-electron chi connectivity index (χ1n) is 8.33. The predicted molar refractivity (Wildman–Crippen MR) is 110 cm³/mol. The van der Waals surface area contributed by atoms with Crippen molar-refractivity contribution in [1.29, 1.82) is 0 Å². The molecule has 2 heterocycles. The monoisotopic (exact) mass is 439 g/mol. The smallest absolute Gasteiger partial charge is 0.198 e. The molecule has 1 saturated heterocycles. The molecule has 0 spiro atoms. The number of anilines is 1. The predicted octanol–water partition coefficient (Wildman–Crippen LogP) is 3.80. The number of likely N-dealkylation sites (tertiary alicyclic amines) is 1. The molecule has 1 fully saturated rings. The number of benzene rings is 1.